The lowest BCUT2D eigenvalue weighted by molar-refractivity contribution is 0.0526. The zero-order valence-corrected chi connectivity index (χ0v) is 17.7. The lowest BCUT2D eigenvalue weighted by atomic mass is 9.99. The van der Waals surface area contributed by atoms with E-state index in [4.69, 9.17) is 9.47 Å². The number of benzene rings is 2. The summed E-state index contributed by atoms with van der Waals surface area (Å²) in [4.78, 5) is 12.5. The summed E-state index contributed by atoms with van der Waals surface area (Å²) in [5.74, 6) is 0.408. The molecule has 2 aromatic carbocycles. The minimum Gasteiger partial charge on any atom is -0.494 e. The molecule has 0 aliphatic carbocycles. The Bertz CT molecular complexity index is 737. The Labute approximate surface area is 175 Å². The number of hydrogen-bond donors (Lipinski definition) is 0. The third-order valence-corrected chi connectivity index (χ3v) is 4.89. The van der Waals surface area contributed by atoms with Gasteiger partial charge in [0.2, 0.25) is 0 Å². The Balaban J connectivity index is 1.84. The number of rotatable bonds is 14. The van der Waals surface area contributed by atoms with Crippen LogP contribution >= 0.6 is 0 Å². The van der Waals surface area contributed by atoms with Gasteiger partial charge in [0.15, 0.2) is 0 Å². The van der Waals surface area contributed by atoms with Gasteiger partial charge in [-0.3, -0.25) is 0 Å². The molecule has 3 heteroatoms. The first-order valence-electron chi connectivity index (χ1n) is 10.9. The molecule has 2 aromatic rings. The third kappa shape index (κ3) is 8.15. The van der Waals surface area contributed by atoms with E-state index < -0.39 is 0 Å². The smallest absolute Gasteiger partial charge is 0.338 e. The van der Waals surface area contributed by atoms with Gasteiger partial charge >= 0.3 is 5.97 Å². The van der Waals surface area contributed by atoms with E-state index in [1.807, 2.05) is 55.5 Å². The van der Waals surface area contributed by atoms with Crippen molar-refractivity contribution >= 4 is 5.97 Å². The van der Waals surface area contributed by atoms with Crippen molar-refractivity contribution in [2.45, 2.75) is 58.3 Å². The van der Waals surface area contributed by atoms with Crippen molar-refractivity contribution in [3.05, 3.63) is 66.7 Å². The molecule has 0 aliphatic rings. The van der Waals surface area contributed by atoms with E-state index in [9.17, 15) is 4.79 Å². The second kappa shape index (κ2) is 13.6. The molecule has 0 N–H and O–H groups in total. The largest absolute Gasteiger partial charge is 0.494 e. The first kappa shape index (κ1) is 22.7. The Morgan fingerprint density at radius 1 is 0.931 bits per heavy atom. The lowest BCUT2D eigenvalue weighted by Gasteiger charge is -2.12. The quantitative estimate of drug-likeness (QED) is 0.193. The predicted octanol–water partition coefficient (Wildman–Crippen LogP) is 7.22. The summed E-state index contributed by atoms with van der Waals surface area (Å²) >= 11 is 0. The van der Waals surface area contributed by atoms with Crippen LogP contribution in [0.2, 0.25) is 0 Å². The molecule has 29 heavy (non-hydrogen) atoms. The van der Waals surface area contributed by atoms with Gasteiger partial charge in [-0.2, -0.15) is 0 Å². The Morgan fingerprint density at radius 3 is 2.31 bits per heavy atom. The van der Waals surface area contributed by atoms with E-state index in [-0.39, 0.29) is 5.97 Å². The summed E-state index contributed by atoms with van der Waals surface area (Å²) in [7, 11) is 0. The second-order valence-corrected chi connectivity index (χ2v) is 7.19. The summed E-state index contributed by atoms with van der Waals surface area (Å²) in [6.07, 6.45) is 11.7. The van der Waals surface area contributed by atoms with E-state index in [0.29, 0.717) is 18.8 Å². The first-order chi connectivity index (χ1) is 14.3. The minimum atomic E-state index is -0.312. The monoisotopic (exact) mass is 394 g/mol. The summed E-state index contributed by atoms with van der Waals surface area (Å²) in [5, 5.41) is 0. The molecule has 0 unspecified atom stereocenters. The maximum atomic E-state index is 12.5. The number of carbonyl (C=O) groups excluding carboxylic acids is 1. The molecule has 0 atom stereocenters. The molecular formula is C26H34O3. The van der Waals surface area contributed by atoms with Crippen molar-refractivity contribution in [1.82, 2.24) is 0 Å². The fourth-order valence-corrected chi connectivity index (χ4v) is 3.32. The van der Waals surface area contributed by atoms with E-state index in [1.54, 1.807) is 6.07 Å². The molecule has 0 saturated carbocycles. The van der Waals surface area contributed by atoms with Crippen molar-refractivity contribution in [2.75, 3.05) is 13.2 Å². The molecule has 0 aliphatic heterocycles. The van der Waals surface area contributed by atoms with E-state index in [0.717, 1.165) is 29.7 Å². The van der Waals surface area contributed by atoms with Crippen LogP contribution < -0.4 is 4.74 Å². The SMILES string of the molecule is C=CCCCCCCCCCOc1ccc(-c2ccccc2)c(C(=O)OCC)c1. The van der Waals surface area contributed by atoms with Crippen LogP contribution in [0.5, 0.6) is 5.75 Å². The number of esters is 1. The number of carbonyl (C=O) groups is 1. The van der Waals surface area contributed by atoms with Gasteiger partial charge in [0.1, 0.15) is 5.75 Å². The van der Waals surface area contributed by atoms with E-state index >= 15 is 0 Å². The number of allylic oxidation sites excluding steroid dienone is 1. The summed E-state index contributed by atoms with van der Waals surface area (Å²) in [5.41, 5.74) is 2.41. The second-order valence-electron chi connectivity index (χ2n) is 7.19. The molecule has 0 radical (unpaired) electrons. The molecule has 0 aromatic heterocycles. The maximum Gasteiger partial charge on any atom is 0.338 e. The maximum absolute atomic E-state index is 12.5. The third-order valence-electron chi connectivity index (χ3n) is 4.89. The minimum absolute atomic E-state index is 0.312. The summed E-state index contributed by atoms with van der Waals surface area (Å²) in [6.45, 7) is 6.60. The molecule has 0 heterocycles. The molecule has 156 valence electrons. The highest BCUT2D eigenvalue weighted by atomic mass is 16.5. The van der Waals surface area contributed by atoms with Gasteiger partial charge in [0, 0.05) is 0 Å². The van der Waals surface area contributed by atoms with E-state index in [2.05, 4.69) is 6.58 Å². The van der Waals surface area contributed by atoms with Crippen LogP contribution in [-0.4, -0.2) is 19.2 Å². The fraction of sp³-hybridized carbons (Fsp3) is 0.423. The van der Waals surface area contributed by atoms with Crippen LogP contribution in [0.25, 0.3) is 11.1 Å². The van der Waals surface area contributed by atoms with Crippen molar-refractivity contribution in [2.24, 2.45) is 0 Å². The topological polar surface area (TPSA) is 35.5 Å². The number of ether oxygens (including phenoxy) is 2. The number of unbranched alkanes of at least 4 members (excludes halogenated alkanes) is 7. The Kier molecular flexibility index (Phi) is 10.7. The van der Waals surface area contributed by atoms with Gasteiger partial charge in [-0.25, -0.2) is 4.79 Å². The molecular weight excluding hydrogens is 360 g/mol. The van der Waals surface area contributed by atoms with Gasteiger partial charge in [0.05, 0.1) is 18.8 Å². The zero-order valence-electron chi connectivity index (χ0n) is 17.7. The first-order valence-corrected chi connectivity index (χ1v) is 10.9. The van der Waals surface area contributed by atoms with Crippen molar-refractivity contribution in [3.8, 4) is 16.9 Å². The molecule has 0 amide bonds. The van der Waals surface area contributed by atoms with Gasteiger partial charge in [-0.15, -0.1) is 6.58 Å². The van der Waals surface area contributed by atoms with Gasteiger partial charge in [0.25, 0.3) is 0 Å². The van der Waals surface area contributed by atoms with Gasteiger partial charge < -0.3 is 9.47 Å². The predicted molar refractivity (Wildman–Crippen MR) is 120 cm³/mol. The Hall–Kier alpha value is -2.55. The van der Waals surface area contributed by atoms with Crippen LogP contribution in [0.15, 0.2) is 61.2 Å². The summed E-state index contributed by atoms with van der Waals surface area (Å²) < 4.78 is 11.2. The summed E-state index contributed by atoms with van der Waals surface area (Å²) in [6, 6.07) is 15.6. The highest BCUT2D eigenvalue weighted by Crippen LogP contribution is 2.28. The standard InChI is InChI=1S/C26H34O3/c1-3-5-6-7-8-9-10-11-15-20-29-23-18-19-24(22-16-13-12-14-17-22)25(21-23)26(27)28-4-2/h3,12-14,16-19,21H,1,4-11,15,20H2,2H3. The van der Waals surface area contributed by atoms with Crippen molar-refractivity contribution < 1.29 is 14.3 Å². The normalized spacial score (nSPS) is 10.5. The molecule has 0 fully saturated rings. The van der Waals surface area contributed by atoms with Gasteiger partial charge in [-0.1, -0.05) is 68.5 Å². The number of hydrogen-bond acceptors (Lipinski definition) is 3. The molecule has 0 bridgehead atoms. The average Bonchev–Trinajstić information content (AvgIpc) is 2.75. The molecule has 2 rings (SSSR count). The highest BCUT2D eigenvalue weighted by molar-refractivity contribution is 5.97. The van der Waals surface area contributed by atoms with Crippen molar-refractivity contribution in [3.63, 3.8) is 0 Å². The lowest BCUT2D eigenvalue weighted by Crippen LogP contribution is -2.07. The molecule has 0 saturated heterocycles. The zero-order chi connectivity index (χ0) is 20.7. The van der Waals surface area contributed by atoms with Crippen LogP contribution in [-0.2, 0) is 4.74 Å². The van der Waals surface area contributed by atoms with E-state index in [1.165, 1.54) is 38.5 Å². The van der Waals surface area contributed by atoms with Crippen LogP contribution in [0.1, 0.15) is 68.6 Å². The van der Waals surface area contributed by atoms with Gasteiger partial charge in [-0.05, 0) is 55.5 Å². The van der Waals surface area contributed by atoms with Crippen molar-refractivity contribution in [1.29, 1.82) is 0 Å². The molecule has 3 nitrogen and oxygen atoms in total. The van der Waals surface area contributed by atoms with Crippen LogP contribution in [0.4, 0.5) is 0 Å². The highest BCUT2D eigenvalue weighted by Gasteiger charge is 2.15. The molecule has 0 spiro atoms. The fourth-order valence-electron chi connectivity index (χ4n) is 3.32. The van der Waals surface area contributed by atoms with Crippen LogP contribution in [0.3, 0.4) is 0 Å². The Morgan fingerprint density at radius 2 is 1.62 bits per heavy atom. The average molecular weight is 395 g/mol. The van der Waals surface area contributed by atoms with Crippen LogP contribution in [0, 0.1) is 0 Å².